The monoisotopic (exact) mass is 451 g/mol. The molecule has 0 aliphatic heterocycles. The van der Waals surface area contributed by atoms with Crippen molar-refractivity contribution < 1.29 is 18.7 Å². The average Bonchev–Trinajstić information content (AvgIpc) is 2.86. The van der Waals surface area contributed by atoms with Crippen LogP contribution in [0, 0.1) is 11.7 Å². The van der Waals surface area contributed by atoms with Crippen LogP contribution in [0.1, 0.15) is 54.4 Å². The second-order valence-electron chi connectivity index (χ2n) is 8.50. The molecule has 2 aromatic heterocycles. The van der Waals surface area contributed by atoms with Gasteiger partial charge in [0.15, 0.2) is 0 Å². The number of nitrogens with one attached hydrogen (secondary N) is 1. The molecule has 1 fully saturated rings. The fraction of sp³-hybridized carbons (Fsp3) is 0.423. The summed E-state index contributed by atoms with van der Waals surface area (Å²) in [5.41, 5.74) is 2.48. The third-order valence-electron chi connectivity index (χ3n) is 6.54. The number of nitrogens with zero attached hydrogens (tertiary/aromatic N) is 2. The van der Waals surface area contributed by atoms with Gasteiger partial charge in [-0.3, -0.25) is 9.78 Å². The lowest BCUT2D eigenvalue weighted by molar-refractivity contribution is 0.0730. The summed E-state index contributed by atoms with van der Waals surface area (Å²) in [5, 5.41) is 4.06. The summed E-state index contributed by atoms with van der Waals surface area (Å²) >= 11 is 0. The molecule has 6 nitrogen and oxygen atoms in total. The Morgan fingerprint density at radius 3 is 2.67 bits per heavy atom. The van der Waals surface area contributed by atoms with Gasteiger partial charge in [-0.15, -0.1) is 0 Å². The lowest BCUT2D eigenvalue weighted by atomic mass is 9.75. The van der Waals surface area contributed by atoms with Crippen LogP contribution in [-0.4, -0.2) is 42.2 Å². The Bertz CT molecular complexity index is 1080. The van der Waals surface area contributed by atoms with E-state index >= 15 is 0 Å². The van der Waals surface area contributed by atoms with Crippen molar-refractivity contribution in [1.29, 1.82) is 0 Å². The van der Waals surface area contributed by atoms with Gasteiger partial charge in [-0.1, -0.05) is 0 Å². The number of fused-ring (bicyclic) bond motifs is 1. The highest BCUT2D eigenvalue weighted by Gasteiger charge is 2.30. The van der Waals surface area contributed by atoms with E-state index in [1.807, 2.05) is 19.2 Å². The van der Waals surface area contributed by atoms with Crippen molar-refractivity contribution in [1.82, 2.24) is 15.3 Å². The normalized spacial score (nSPS) is 19.2. The second-order valence-corrected chi connectivity index (χ2v) is 8.50. The largest absolute Gasteiger partial charge is 0.481 e. The van der Waals surface area contributed by atoms with E-state index in [-0.39, 0.29) is 17.8 Å². The molecule has 1 aromatic carbocycles. The molecular formula is C26H30FN3O3. The number of pyridine rings is 2. The molecule has 1 atom stereocenters. The Kier molecular flexibility index (Phi) is 7.50. The fourth-order valence-electron chi connectivity index (χ4n) is 4.76. The number of benzene rings is 1. The van der Waals surface area contributed by atoms with Gasteiger partial charge in [-0.2, -0.15) is 0 Å². The van der Waals surface area contributed by atoms with Crippen molar-refractivity contribution in [3.05, 3.63) is 65.7 Å². The van der Waals surface area contributed by atoms with E-state index in [0.717, 1.165) is 42.1 Å². The number of halogens is 1. The standard InChI is InChI=1S/C26H30FN3O3/c1-3-33-16-24(30-26(31)19-8-11-25(32-2)29-15-19)18-6-4-17(5-7-18)21-12-13-28-23-10-9-20(27)14-22(21)23/h8-15,17-18,24H,3-7,16H2,1-2H3,(H,30,31)/t17-,18+,24-/m0/s1. The van der Waals surface area contributed by atoms with Gasteiger partial charge in [-0.25, -0.2) is 9.37 Å². The lowest BCUT2D eigenvalue weighted by Crippen LogP contribution is -2.44. The molecule has 33 heavy (non-hydrogen) atoms. The minimum atomic E-state index is -0.238. The van der Waals surface area contributed by atoms with Gasteiger partial charge < -0.3 is 14.8 Å². The maximum Gasteiger partial charge on any atom is 0.253 e. The maximum absolute atomic E-state index is 13.9. The zero-order chi connectivity index (χ0) is 23.2. The molecule has 2 heterocycles. The summed E-state index contributed by atoms with van der Waals surface area (Å²) in [7, 11) is 1.54. The number of amides is 1. The number of aromatic nitrogens is 2. The Morgan fingerprint density at radius 2 is 1.97 bits per heavy atom. The van der Waals surface area contributed by atoms with Crippen LogP contribution in [0.5, 0.6) is 5.88 Å². The van der Waals surface area contributed by atoms with Gasteiger partial charge in [0.1, 0.15) is 5.82 Å². The predicted octanol–water partition coefficient (Wildman–Crippen LogP) is 4.89. The highest BCUT2D eigenvalue weighted by Crippen LogP contribution is 2.39. The van der Waals surface area contributed by atoms with E-state index in [0.29, 0.717) is 36.5 Å². The van der Waals surface area contributed by atoms with Crippen LogP contribution in [0.15, 0.2) is 48.8 Å². The first kappa shape index (κ1) is 23.1. The quantitative estimate of drug-likeness (QED) is 0.528. The van der Waals surface area contributed by atoms with E-state index in [4.69, 9.17) is 9.47 Å². The van der Waals surface area contributed by atoms with Gasteiger partial charge in [0.25, 0.3) is 5.91 Å². The average molecular weight is 452 g/mol. The molecule has 4 rings (SSSR count). The van der Waals surface area contributed by atoms with Crippen LogP contribution in [0.4, 0.5) is 4.39 Å². The van der Waals surface area contributed by atoms with Crippen molar-refractivity contribution in [2.45, 2.75) is 44.6 Å². The van der Waals surface area contributed by atoms with Gasteiger partial charge in [0.05, 0.1) is 30.8 Å². The molecule has 0 unspecified atom stereocenters. The number of carbonyl (C=O) groups excluding carboxylic acids is 1. The number of carbonyl (C=O) groups is 1. The van der Waals surface area contributed by atoms with Gasteiger partial charge >= 0.3 is 0 Å². The Balaban J connectivity index is 1.44. The first-order chi connectivity index (χ1) is 16.1. The number of hydrogen-bond acceptors (Lipinski definition) is 5. The summed E-state index contributed by atoms with van der Waals surface area (Å²) in [4.78, 5) is 21.3. The summed E-state index contributed by atoms with van der Waals surface area (Å²) in [5.74, 6) is 0.736. The first-order valence-corrected chi connectivity index (χ1v) is 11.5. The molecule has 0 radical (unpaired) electrons. The zero-order valence-electron chi connectivity index (χ0n) is 19.1. The third kappa shape index (κ3) is 5.47. The van der Waals surface area contributed by atoms with Crippen LogP contribution in [0.3, 0.4) is 0 Å². The van der Waals surface area contributed by atoms with E-state index < -0.39 is 0 Å². The summed E-state index contributed by atoms with van der Waals surface area (Å²) in [6, 6.07) is 10.1. The molecule has 0 bridgehead atoms. The SMILES string of the molecule is CCOC[C@H](NC(=O)c1ccc(OC)nc1)[C@H]1CC[C@@H](c2ccnc3ccc(F)cc32)CC1. The topological polar surface area (TPSA) is 73.3 Å². The van der Waals surface area contributed by atoms with Crippen molar-refractivity contribution in [2.24, 2.45) is 5.92 Å². The van der Waals surface area contributed by atoms with Gasteiger partial charge in [0, 0.05) is 30.5 Å². The molecule has 1 amide bonds. The molecule has 1 N–H and O–H groups in total. The Hall–Kier alpha value is -3.06. The zero-order valence-corrected chi connectivity index (χ0v) is 19.1. The molecule has 7 heteroatoms. The van der Waals surface area contributed by atoms with E-state index in [1.54, 1.807) is 31.4 Å². The third-order valence-corrected chi connectivity index (χ3v) is 6.54. The molecule has 0 spiro atoms. The first-order valence-electron chi connectivity index (χ1n) is 11.5. The van der Waals surface area contributed by atoms with E-state index in [1.165, 1.54) is 12.3 Å². The molecule has 1 aliphatic carbocycles. The van der Waals surface area contributed by atoms with Crippen LogP contribution < -0.4 is 10.1 Å². The highest BCUT2D eigenvalue weighted by atomic mass is 19.1. The van der Waals surface area contributed by atoms with Crippen molar-refractivity contribution in [2.75, 3.05) is 20.3 Å². The minimum Gasteiger partial charge on any atom is -0.481 e. The minimum absolute atomic E-state index is 0.0767. The maximum atomic E-state index is 13.9. The van der Waals surface area contributed by atoms with Crippen LogP contribution in [-0.2, 0) is 4.74 Å². The highest BCUT2D eigenvalue weighted by molar-refractivity contribution is 5.94. The van der Waals surface area contributed by atoms with Crippen molar-refractivity contribution in [3.63, 3.8) is 0 Å². The number of ether oxygens (including phenoxy) is 2. The molecule has 1 aliphatic rings. The van der Waals surface area contributed by atoms with Crippen LogP contribution >= 0.6 is 0 Å². The fourth-order valence-corrected chi connectivity index (χ4v) is 4.76. The molecule has 174 valence electrons. The summed E-state index contributed by atoms with van der Waals surface area (Å²) in [6.45, 7) is 3.03. The molecular weight excluding hydrogens is 421 g/mol. The van der Waals surface area contributed by atoms with Crippen LogP contribution in [0.25, 0.3) is 10.9 Å². The smallest absolute Gasteiger partial charge is 0.253 e. The van der Waals surface area contributed by atoms with E-state index in [2.05, 4.69) is 15.3 Å². The second kappa shape index (κ2) is 10.7. The van der Waals surface area contributed by atoms with Crippen molar-refractivity contribution in [3.8, 4) is 5.88 Å². The van der Waals surface area contributed by atoms with Crippen molar-refractivity contribution >= 4 is 16.8 Å². The summed E-state index contributed by atoms with van der Waals surface area (Å²) < 4.78 is 24.7. The predicted molar refractivity (Wildman–Crippen MR) is 125 cm³/mol. The number of rotatable bonds is 8. The molecule has 1 saturated carbocycles. The Labute approximate surface area is 193 Å². The summed E-state index contributed by atoms with van der Waals surface area (Å²) in [6.07, 6.45) is 7.20. The van der Waals surface area contributed by atoms with Crippen LogP contribution in [0.2, 0.25) is 0 Å². The number of methoxy groups -OCH3 is 1. The molecule has 3 aromatic rings. The molecule has 0 saturated heterocycles. The lowest BCUT2D eigenvalue weighted by Gasteiger charge is -2.34. The van der Waals surface area contributed by atoms with E-state index in [9.17, 15) is 9.18 Å². The van der Waals surface area contributed by atoms with Gasteiger partial charge in [0.2, 0.25) is 5.88 Å². The van der Waals surface area contributed by atoms with Gasteiger partial charge in [-0.05, 0) is 80.3 Å². The number of hydrogen-bond donors (Lipinski definition) is 1. The Morgan fingerprint density at radius 1 is 1.15 bits per heavy atom.